The summed E-state index contributed by atoms with van der Waals surface area (Å²) in [5, 5.41) is 2.78. The molecule has 14 heavy (non-hydrogen) atoms. The summed E-state index contributed by atoms with van der Waals surface area (Å²) in [5.41, 5.74) is 0. The van der Waals surface area contributed by atoms with E-state index in [0.717, 1.165) is 18.0 Å². The fourth-order valence-corrected chi connectivity index (χ4v) is 2.32. The van der Waals surface area contributed by atoms with Crippen LogP contribution in [0.3, 0.4) is 0 Å². The lowest BCUT2D eigenvalue weighted by molar-refractivity contribution is -0.128. The molecule has 0 amide bonds. The van der Waals surface area contributed by atoms with Gasteiger partial charge in [0.15, 0.2) is 5.78 Å². The molecule has 1 fully saturated rings. The highest BCUT2D eigenvalue weighted by molar-refractivity contribution is 7.09. The van der Waals surface area contributed by atoms with Gasteiger partial charge in [-0.2, -0.15) is 0 Å². The molecule has 4 heteroatoms. The lowest BCUT2D eigenvalue weighted by atomic mass is 9.99. The van der Waals surface area contributed by atoms with Crippen molar-refractivity contribution < 1.29 is 9.53 Å². The third-order valence-corrected chi connectivity index (χ3v) is 3.29. The van der Waals surface area contributed by atoms with Crippen LogP contribution < -0.4 is 0 Å². The number of carbonyl (C=O) groups excluding carboxylic acids is 1. The minimum absolute atomic E-state index is 0.171. The predicted octanol–water partition coefficient (Wildman–Crippen LogP) is 1.68. The number of nitrogens with zero attached hydrogens (tertiary/aromatic N) is 1. The van der Waals surface area contributed by atoms with Gasteiger partial charge in [0, 0.05) is 18.2 Å². The topological polar surface area (TPSA) is 39.2 Å². The van der Waals surface area contributed by atoms with Gasteiger partial charge in [-0.25, -0.2) is 4.98 Å². The van der Waals surface area contributed by atoms with Gasteiger partial charge in [0.25, 0.3) is 0 Å². The summed E-state index contributed by atoms with van der Waals surface area (Å²) in [6, 6.07) is 0. The third-order valence-electron chi connectivity index (χ3n) is 2.51. The second kappa shape index (κ2) is 4.19. The lowest BCUT2D eigenvalue weighted by Crippen LogP contribution is -2.26. The van der Waals surface area contributed by atoms with Gasteiger partial charge in [-0.15, -0.1) is 11.3 Å². The van der Waals surface area contributed by atoms with Crippen LogP contribution in [0, 0.1) is 5.92 Å². The molecule has 0 bridgehead atoms. The SMILES string of the molecule is CC1CCOC1C(=O)Cc1nccs1. The highest BCUT2D eigenvalue weighted by Crippen LogP contribution is 2.22. The first-order chi connectivity index (χ1) is 6.77. The lowest BCUT2D eigenvalue weighted by Gasteiger charge is -2.11. The fourth-order valence-electron chi connectivity index (χ4n) is 1.70. The second-order valence-electron chi connectivity index (χ2n) is 3.63. The summed E-state index contributed by atoms with van der Waals surface area (Å²) >= 11 is 1.52. The first kappa shape index (κ1) is 9.80. The van der Waals surface area contributed by atoms with Crippen LogP contribution in [-0.4, -0.2) is 23.5 Å². The minimum Gasteiger partial charge on any atom is -0.370 e. The summed E-state index contributed by atoms with van der Waals surface area (Å²) < 4.78 is 5.40. The van der Waals surface area contributed by atoms with E-state index in [2.05, 4.69) is 11.9 Å². The molecule has 2 heterocycles. The van der Waals surface area contributed by atoms with Crippen LogP contribution in [-0.2, 0) is 16.0 Å². The zero-order valence-electron chi connectivity index (χ0n) is 8.10. The molecule has 1 aliphatic heterocycles. The molecule has 0 aromatic carbocycles. The first-order valence-corrected chi connectivity index (χ1v) is 5.68. The summed E-state index contributed by atoms with van der Waals surface area (Å²) in [4.78, 5) is 15.9. The molecule has 0 N–H and O–H groups in total. The smallest absolute Gasteiger partial charge is 0.168 e. The Morgan fingerprint density at radius 3 is 3.21 bits per heavy atom. The van der Waals surface area contributed by atoms with E-state index in [1.54, 1.807) is 6.20 Å². The van der Waals surface area contributed by atoms with Crippen molar-refractivity contribution in [1.29, 1.82) is 0 Å². The molecule has 1 aliphatic rings. The molecule has 2 rings (SSSR count). The van der Waals surface area contributed by atoms with Crippen molar-refractivity contribution in [1.82, 2.24) is 4.98 Å². The number of Topliss-reactive ketones (excluding diaryl/α,β-unsaturated/α-hetero) is 1. The van der Waals surface area contributed by atoms with Crippen molar-refractivity contribution in [3.8, 4) is 0 Å². The maximum atomic E-state index is 11.8. The summed E-state index contributed by atoms with van der Waals surface area (Å²) in [6.45, 7) is 2.78. The molecule has 0 spiro atoms. The van der Waals surface area contributed by atoms with Crippen LogP contribution >= 0.6 is 11.3 Å². The Bertz CT molecular complexity index is 310. The number of thiazole rings is 1. The van der Waals surface area contributed by atoms with Crippen molar-refractivity contribution in [2.24, 2.45) is 5.92 Å². The first-order valence-electron chi connectivity index (χ1n) is 4.80. The summed E-state index contributed by atoms with van der Waals surface area (Å²) in [7, 11) is 0. The van der Waals surface area contributed by atoms with E-state index in [1.807, 2.05) is 5.38 Å². The molecule has 1 aromatic heterocycles. The number of aromatic nitrogens is 1. The Labute approximate surface area is 87.1 Å². The normalized spacial score (nSPS) is 26.6. The maximum Gasteiger partial charge on any atom is 0.168 e. The highest BCUT2D eigenvalue weighted by Gasteiger charge is 2.30. The Morgan fingerprint density at radius 2 is 2.64 bits per heavy atom. The fraction of sp³-hybridized carbons (Fsp3) is 0.600. The predicted molar refractivity (Wildman–Crippen MR) is 54.3 cm³/mol. The Morgan fingerprint density at radius 1 is 1.79 bits per heavy atom. The molecule has 0 radical (unpaired) electrons. The molecule has 2 unspecified atom stereocenters. The Balaban J connectivity index is 1.95. The average molecular weight is 211 g/mol. The van der Waals surface area contributed by atoms with Crippen molar-refractivity contribution in [3.05, 3.63) is 16.6 Å². The Kier molecular flexibility index (Phi) is 2.93. The molecule has 0 aliphatic carbocycles. The van der Waals surface area contributed by atoms with Gasteiger partial charge in [-0.1, -0.05) is 6.92 Å². The van der Waals surface area contributed by atoms with E-state index in [9.17, 15) is 4.79 Å². The molecule has 1 saturated heterocycles. The maximum absolute atomic E-state index is 11.8. The molecule has 76 valence electrons. The van der Waals surface area contributed by atoms with Gasteiger partial charge >= 0.3 is 0 Å². The second-order valence-corrected chi connectivity index (χ2v) is 4.61. The largest absolute Gasteiger partial charge is 0.370 e. The molecular weight excluding hydrogens is 198 g/mol. The van der Waals surface area contributed by atoms with Crippen LogP contribution in [0.25, 0.3) is 0 Å². The van der Waals surface area contributed by atoms with Crippen LogP contribution in [0.4, 0.5) is 0 Å². The van der Waals surface area contributed by atoms with Crippen molar-refractivity contribution >= 4 is 17.1 Å². The zero-order chi connectivity index (χ0) is 9.97. The molecule has 3 nitrogen and oxygen atoms in total. The van der Waals surface area contributed by atoms with E-state index in [-0.39, 0.29) is 11.9 Å². The number of hydrogen-bond donors (Lipinski definition) is 0. The van der Waals surface area contributed by atoms with E-state index in [1.165, 1.54) is 11.3 Å². The van der Waals surface area contributed by atoms with Gasteiger partial charge in [0.05, 0.1) is 11.4 Å². The standard InChI is InChI=1S/C10H13NO2S/c1-7-2-4-13-10(7)8(12)6-9-11-3-5-14-9/h3,5,7,10H,2,4,6H2,1H3. The van der Waals surface area contributed by atoms with Gasteiger partial charge < -0.3 is 4.74 Å². The summed E-state index contributed by atoms with van der Waals surface area (Å²) in [6.07, 6.45) is 2.95. The van der Waals surface area contributed by atoms with E-state index in [4.69, 9.17) is 4.74 Å². The van der Waals surface area contributed by atoms with E-state index >= 15 is 0 Å². The minimum atomic E-state index is -0.195. The number of carbonyl (C=O) groups is 1. The number of rotatable bonds is 3. The van der Waals surface area contributed by atoms with Gasteiger partial charge in [0.1, 0.15) is 6.10 Å². The van der Waals surface area contributed by atoms with Crippen molar-refractivity contribution in [3.63, 3.8) is 0 Å². The molecule has 0 saturated carbocycles. The molecule has 1 aromatic rings. The quantitative estimate of drug-likeness (QED) is 0.763. The van der Waals surface area contributed by atoms with Crippen molar-refractivity contribution in [2.45, 2.75) is 25.9 Å². The van der Waals surface area contributed by atoms with Crippen LogP contribution in [0.1, 0.15) is 18.4 Å². The van der Waals surface area contributed by atoms with Gasteiger partial charge in [-0.05, 0) is 12.3 Å². The Hall–Kier alpha value is -0.740. The van der Waals surface area contributed by atoms with Crippen LogP contribution in [0.15, 0.2) is 11.6 Å². The third kappa shape index (κ3) is 2.01. The van der Waals surface area contributed by atoms with Crippen LogP contribution in [0.5, 0.6) is 0 Å². The molecular formula is C10H13NO2S. The molecule has 2 atom stereocenters. The van der Waals surface area contributed by atoms with Gasteiger partial charge in [0.2, 0.25) is 0 Å². The van der Waals surface area contributed by atoms with Gasteiger partial charge in [-0.3, -0.25) is 4.79 Å². The van der Waals surface area contributed by atoms with E-state index in [0.29, 0.717) is 12.3 Å². The number of ketones is 1. The zero-order valence-corrected chi connectivity index (χ0v) is 8.92. The number of hydrogen-bond acceptors (Lipinski definition) is 4. The monoisotopic (exact) mass is 211 g/mol. The van der Waals surface area contributed by atoms with Crippen LogP contribution in [0.2, 0.25) is 0 Å². The van der Waals surface area contributed by atoms with Crippen molar-refractivity contribution in [2.75, 3.05) is 6.61 Å². The summed E-state index contributed by atoms with van der Waals surface area (Å²) in [5.74, 6) is 0.535. The average Bonchev–Trinajstić information content (AvgIpc) is 2.75. The number of ether oxygens (including phenoxy) is 1. The highest BCUT2D eigenvalue weighted by atomic mass is 32.1. The van der Waals surface area contributed by atoms with E-state index < -0.39 is 0 Å².